The van der Waals surface area contributed by atoms with Gasteiger partial charge in [0.1, 0.15) is 18.0 Å². The van der Waals surface area contributed by atoms with Crippen LogP contribution in [-0.2, 0) is 17.8 Å². The van der Waals surface area contributed by atoms with E-state index in [-0.39, 0.29) is 18.0 Å². The Balaban J connectivity index is 1.60. The molecular weight excluding hydrogens is 382 g/mol. The third-order valence-corrected chi connectivity index (χ3v) is 4.49. The average Bonchev–Trinajstić information content (AvgIpc) is 2.76. The van der Waals surface area contributed by atoms with Crippen molar-refractivity contribution in [3.8, 4) is 22.8 Å². The van der Waals surface area contributed by atoms with Crippen molar-refractivity contribution in [2.75, 3.05) is 20.3 Å². The van der Waals surface area contributed by atoms with Gasteiger partial charge in [-0.1, -0.05) is 12.1 Å². The first-order chi connectivity index (χ1) is 14.6. The van der Waals surface area contributed by atoms with Crippen LogP contribution in [0.5, 0.6) is 11.5 Å². The van der Waals surface area contributed by atoms with Gasteiger partial charge in [0.05, 0.1) is 19.4 Å². The minimum absolute atomic E-state index is 0.137. The molecule has 0 fully saturated rings. The molecule has 0 saturated heterocycles. The zero-order valence-electron chi connectivity index (χ0n) is 17.1. The molecule has 0 bridgehead atoms. The Morgan fingerprint density at radius 3 is 2.60 bits per heavy atom. The van der Waals surface area contributed by atoms with E-state index in [9.17, 15) is 9.59 Å². The summed E-state index contributed by atoms with van der Waals surface area (Å²) in [6.07, 6.45) is 0.664. The molecule has 7 heteroatoms. The molecule has 1 aromatic heterocycles. The van der Waals surface area contributed by atoms with Gasteiger partial charge in [0, 0.05) is 18.2 Å². The molecule has 2 aromatic carbocycles. The fourth-order valence-corrected chi connectivity index (χ4v) is 2.97. The largest absolute Gasteiger partial charge is 0.497 e. The van der Waals surface area contributed by atoms with Crippen molar-refractivity contribution in [2.45, 2.75) is 19.9 Å². The van der Waals surface area contributed by atoms with Gasteiger partial charge in [0.25, 0.3) is 5.56 Å². The van der Waals surface area contributed by atoms with Crippen molar-refractivity contribution in [2.24, 2.45) is 0 Å². The molecule has 3 aromatic rings. The number of carbonyl (C=O) groups excluding carboxylic acids is 1. The molecule has 0 aliphatic rings. The summed E-state index contributed by atoms with van der Waals surface area (Å²) < 4.78 is 11.8. The first-order valence-corrected chi connectivity index (χ1v) is 9.80. The minimum atomic E-state index is -0.326. The van der Waals surface area contributed by atoms with Gasteiger partial charge < -0.3 is 14.8 Å². The molecule has 0 unspecified atom stereocenters. The molecule has 1 amide bonds. The summed E-state index contributed by atoms with van der Waals surface area (Å²) in [7, 11) is 1.62. The lowest BCUT2D eigenvalue weighted by Gasteiger charge is -2.09. The van der Waals surface area contributed by atoms with Gasteiger partial charge >= 0.3 is 0 Å². The van der Waals surface area contributed by atoms with Crippen LogP contribution in [-0.4, -0.2) is 35.9 Å². The van der Waals surface area contributed by atoms with E-state index in [0.29, 0.717) is 25.3 Å². The van der Waals surface area contributed by atoms with Gasteiger partial charge in [-0.05, 0) is 61.4 Å². The van der Waals surface area contributed by atoms with Crippen LogP contribution in [0.4, 0.5) is 0 Å². The number of carbonyl (C=O) groups is 1. The zero-order valence-corrected chi connectivity index (χ0v) is 17.1. The highest BCUT2D eigenvalue weighted by Crippen LogP contribution is 2.19. The molecule has 7 nitrogen and oxygen atoms in total. The van der Waals surface area contributed by atoms with Gasteiger partial charge in [-0.15, -0.1) is 0 Å². The molecule has 30 heavy (non-hydrogen) atoms. The molecular formula is C23H25N3O4. The van der Waals surface area contributed by atoms with Crippen LogP contribution in [0.2, 0.25) is 0 Å². The lowest BCUT2D eigenvalue weighted by molar-refractivity contribution is -0.121. The van der Waals surface area contributed by atoms with E-state index in [4.69, 9.17) is 9.47 Å². The summed E-state index contributed by atoms with van der Waals surface area (Å²) in [5, 5.41) is 7.16. The lowest BCUT2D eigenvalue weighted by Crippen LogP contribution is -2.34. The van der Waals surface area contributed by atoms with E-state index in [2.05, 4.69) is 10.4 Å². The number of rotatable bonds is 9. The number of benzene rings is 2. The smallest absolute Gasteiger partial charge is 0.267 e. The Hall–Kier alpha value is -3.61. The van der Waals surface area contributed by atoms with Crippen LogP contribution in [0.15, 0.2) is 65.5 Å². The number of ether oxygens (including phenoxy) is 2. The van der Waals surface area contributed by atoms with E-state index < -0.39 is 0 Å². The van der Waals surface area contributed by atoms with Crippen molar-refractivity contribution in [1.29, 1.82) is 0 Å². The number of amides is 1. The molecule has 0 aliphatic heterocycles. The Kier molecular flexibility index (Phi) is 7.21. The van der Waals surface area contributed by atoms with E-state index in [1.807, 2.05) is 55.5 Å². The highest BCUT2D eigenvalue weighted by Gasteiger charge is 2.08. The summed E-state index contributed by atoms with van der Waals surface area (Å²) in [6, 6.07) is 18.2. The fraction of sp³-hybridized carbons (Fsp3) is 0.261. The van der Waals surface area contributed by atoms with Crippen LogP contribution in [0.1, 0.15) is 12.5 Å². The van der Waals surface area contributed by atoms with Crippen LogP contribution in [0, 0.1) is 0 Å². The molecule has 0 atom stereocenters. The fourth-order valence-electron chi connectivity index (χ4n) is 2.97. The second kappa shape index (κ2) is 10.2. The Morgan fingerprint density at radius 1 is 1.07 bits per heavy atom. The van der Waals surface area contributed by atoms with Crippen molar-refractivity contribution < 1.29 is 14.3 Å². The summed E-state index contributed by atoms with van der Waals surface area (Å²) in [5.74, 6) is 1.28. The van der Waals surface area contributed by atoms with Crippen LogP contribution >= 0.6 is 0 Å². The quantitative estimate of drug-likeness (QED) is 0.590. The number of aromatic nitrogens is 2. The van der Waals surface area contributed by atoms with E-state index in [1.165, 1.54) is 10.7 Å². The molecule has 156 valence electrons. The highest BCUT2D eigenvalue weighted by atomic mass is 16.5. The predicted molar refractivity (Wildman–Crippen MR) is 115 cm³/mol. The second-order valence-electron chi connectivity index (χ2n) is 6.62. The number of methoxy groups -OCH3 is 1. The summed E-state index contributed by atoms with van der Waals surface area (Å²) in [5.41, 5.74) is 2.18. The Morgan fingerprint density at radius 2 is 1.87 bits per heavy atom. The molecule has 3 rings (SSSR count). The predicted octanol–water partition coefficient (Wildman–Crippen LogP) is 2.68. The third kappa shape index (κ3) is 5.70. The highest BCUT2D eigenvalue weighted by molar-refractivity contribution is 5.75. The number of hydrogen-bond acceptors (Lipinski definition) is 5. The molecule has 0 spiro atoms. The van der Waals surface area contributed by atoms with Gasteiger partial charge in [-0.25, -0.2) is 4.68 Å². The van der Waals surface area contributed by atoms with E-state index in [1.54, 1.807) is 13.2 Å². The first kappa shape index (κ1) is 21.1. The summed E-state index contributed by atoms with van der Waals surface area (Å²) >= 11 is 0. The zero-order chi connectivity index (χ0) is 21.3. The normalized spacial score (nSPS) is 10.5. The maximum absolute atomic E-state index is 12.3. The monoisotopic (exact) mass is 407 g/mol. The van der Waals surface area contributed by atoms with Gasteiger partial charge in [-0.3, -0.25) is 9.59 Å². The van der Waals surface area contributed by atoms with Crippen LogP contribution < -0.4 is 20.3 Å². The van der Waals surface area contributed by atoms with E-state index >= 15 is 0 Å². The van der Waals surface area contributed by atoms with Gasteiger partial charge in [-0.2, -0.15) is 5.10 Å². The Labute approximate surface area is 175 Å². The average molecular weight is 407 g/mol. The minimum Gasteiger partial charge on any atom is -0.497 e. The molecule has 1 N–H and O–H groups in total. The summed E-state index contributed by atoms with van der Waals surface area (Å²) in [6.45, 7) is 2.84. The summed E-state index contributed by atoms with van der Waals surface area (Å²) in [4.78, 5) is 24.4. The molecule has 0 radical (unpaired) electrons. The number of nitrogens with zero attached hydrogens (tertiary/aromatic N) is 2. The maximum atomic E-state index is 12.3. The van der Waals surface area contributed by atoms with Crippen molar-refractivity contribution in [3.05, 3.63) is 76.6 Å². The topological polar surface area (TPSA) is 82.5 Å². The Bertz CT molecular complexity index is 1040. The standard InChI is InChI=1S/C23H25N3O4/c1-3-30-19-9-7-18(8-10-19)21-11-12-23(28)26(25-21)16-22(27)24-14-13-17-5-4-6-20(15-17)29-2/h4-12,15H,3,13-14,16H2,1-2H3,(H,24,27). The molecule has 1 heterocycles. The third-order valence-electron chi connectivity index (χ3n) is 4.49. The van der Waals surface area contributed by atoms with Crippen molar-refractivity contribution in [1.82, 2.24) is 15.1 Å². The molecule has 0 saturated carbocycles. The first-order valence-electron chi connectivity index (χ1n) is 9.80. The van der Waals surface area contributed by atoms with Crippen LogP contribution in [0.25, 0.3) is 11.3 Å². The van der Waals surface area contributed by atoms with Crippen LogP contribution in [0.3, 0.4) is 0 Å². The lowest BCUT2D eigenvalue weighted by atomic mass is 10.1. The second-order valence-corrected chi connectivity index (χ2v) is 6.62. The van der Waals surface area contributed by atoms with Gasteiger partial charge in [0.2, 0.25) is 5.91 Å². The van der Waals surface area contributed by atoms with E-state index in [0.717, 1.165) is 22.6 Å². The maximum Gasteiger partial charge on any atom is 0.267 e. The SMILES string of the molecule is CCOc1ccc(-c2ccc(=O)n(CC(=O)NCCc3cccc(OC)c3)n2)cc1. The number of hydrogen-bond donors (Lipinski definition) is 1. The van der Waals surface area contributed by atoms with Crippen molar-refractivity contribution in [3.63, 3.8) is 0 Å². The van der Waals surface area contributed by atoms with Gasteiger partial charge in [0.15, 0.2) is 0 Å². The molecule has 0 aliphatic carbocycles. The number of nitrogens with one attached hydrogen (secondary N) is 1. The van der Waals surface area contributed by atoms with Crippen molar-refractivity contribution >= 4 is 5.91 Å².